The van der Waals surface area contributed by atoms with E-state index in [1.54, 1.807) is 18.5 Å². The Morgan fingerprint density at radius 3 is 2.89 bits per heavy atom. The highest BCUT2D eigenvalue weighted by molar-refractivity contribution is 5.92. The second-order valence-electron chi connectivity index (χ2n) is 11.9. The third kappa shape index (κ3) is 2.23. The van der Waals surface area contributed by atoms with E-state index in [1.165, 1.54) is 6.08 Å². The van der Waals surface area contributed by atoms with Crippen LogP contribution in [0, 0.1) is 17.3 Å². The smallest absolute Gasteiger partial charge is 0.334 e. The SMILES string of the molecule is CC(C)[C@]12O[C@H]1[C@@H]1O[C@]13[C@]1(O[C@H]1C[C@H]1C4=C(CC[C@@]13C)C(=O)OC4)[C@@H]2OC(=O)/C=C/c1cccnc1. The van der Waals surface area contributed by atoms with Crippen molar-refractivity contribution >= 4 is 18.0 Å². The largest absolute Gasteiger partial charge is 0.458 e. The minimum atomic E-state index is -0.737. The monoisotopic (exact) mass is 491 g/mol. The van der Waals surface area contributed by atoms with E-state index in [0.717, 1.165) is 29.6 Å². The third-order valence-corrected chi connectivity index (χ3v) is 10.4. The van der Waals surface area contributed by atoms with Crippen LogP contribution in [0.5, 0.6) is 0 Å². The molecule has 7 aliphatic rings. The Morgan fingerprint density at radius 2 is 2.11 bits per heavy atom. The van der Waals surface area contributed by atoms with Gasteiger partial charge >= 0.3 is 11.9 Å². The molecule has 0 amide bonds. The highest BCUT2D eigenvalue weighted by atomic mass is 16.8. The van der Waals surface area contributed by atoms with Crippen LogP contribution in [0.3, 0.4) is 0 Å². The zero-order chi connectivity index (χ0) is 24.7. The predicted molar refractivity (Wildman–Crippen MR) is 124 cm³/mol. The average Bonchev–Trinajstić information content (AvgIpc) is 3.77. The van der Waals surface area contributed by atoms with Gasteiger partial charge in [-0.3, -0.25) is 4.98 Å². The number of ether oxygens (including phenoxy) is 5. The Balaban J connectivity index is 1.18. The van der Waals surface area contributed by atoms with E-state index in [2.05, 4.69) is 25.8 Å². The van der Waals surface area contributed by atoms with E-state index in [1.807, 2.05) is 12.1 Å². The Bertz CT molecular complexity index is 1270. The van der Waals surface area contributed by atoms with Gasteiger partial charge in [-0.25, -0.2) is 9.59 Å². The van der Waals surface area contributed by atoms with Crippen LogP contribution >= 0.6 is 0 Å². The van der Waals surface area contributed by atoms with Crippen molar-refractivity contribution in [1.29, 1.82) is 0 Å². The molecule has 5 heterocycles. The van der Waals surface area contributed by atoms with Crippen molar-refractivity contribution in [3.05, 3.63) is 47.3 Å². The van der Waals surface area contributed by atoms with E-state index >= 15 is 0 Å². The topological polar surface area (TPSA) is 103 Å². The Morgan fingerprint density at radius 1 is 1.25 bits per heavy atom. The van der Waals surface area contributed by atoms with E-state index in [9.17, 15) is 9.59 Å². The zero-order valence-corrected chi connectivity index (χ0v) is 20.6. The summed E-state index contributed by atoms with van der Waals surface area (Å²) in [6.07, 6.45) is 7.88. The summed E-state index contributed by atoms with van der Waals surface area (Å²) in [5.41, 5.74) is 0.569. The molecular formula is C28H29NO7. The number of pyridine rings is 1. The van der Waals surface area contributed by atoms with Gasteiger partial charge in [0.25, 0.3) is 0 Å². The molecule has 8 rings (SSSR count). The minimum absolute atomic E-state index is 0.0984. The van der Waals surface area contributed by atoms with Gasteiger partial charge in [-0.15, -0.1) is 0 Å². The molecule has 2 spiro atoms. The zero-order valence-electron chi connectivity index (χ0n) is 20.6. The molecule has 9 atom stereocenters. The maximum Gasteiger partial charge on any atom is 0.334 e. The molecule has 0 bridgehead atoms. The number of hydrogen-bond acceptors (Lipinski definition) is 8. The number of epoxide rings is 3. The summed E-state index contributed by atoms with van der Waals surface area (Å²) in [7, 11) is 0. The van der Waals surface area contributed by atoms with Gasteiger partial charge in [-0.1, -0.05) is 26.8 Å². The highest BCUT2D eigenvalue weighted by Crippen LogP contribution is 2.83. The van der Waals surface area contributed by atoms with E-state index in [-0.39, 0.29) is 41.5 Å². The van der Waals surface area contributed by atoms with E-state index in [4.69, 9.17) is 23.7 Å². The Labute approximate surface area is 209 Å². The molecule has 3 saturated heterocycles. The number of esters is 2. The highest BCUT2D eigenvalue weighted by Gasteiger charge is 3.01. The van der Waals surface area contributed by atoms with Gasteiger partial charge in [0.05, 0.1) is 6.10 Å². The fourth-order valence-corrected chi connectivity index (χ4v) is 8.64. The molecular weight excluding hydrogens is 462 g/mol. The van der Waals surface area contributed by atoms with Gasteiger partial charge in [-0.05, 0) is 54.4 Å². The van der Waals surface area contributed by atoms with Crippen LogP contribution in [0.25, 0.3) is 6.08 Å². The lowest BCUT2D eigenvalue weighted by atomic mass is 9.46. The first-order valence-electron chi connectivity index (χ1n) is 13.0. The summed E-state index contributed by atoms with van der Waals surface area (Å²) in [4.78, 5) is 29.6. The number of carbonyl (C=O) groups excluding carboxylic acids is 2. The first-order valence-corrected chi connectivity index (χ1v) is 13.0. The fraction of sp³-hybridized carbons (Fsp3) is 0.607. The molecule has 0 radical (unpaired) electrons. The van der Waals surface area contributed by atoms with Gasteiger partial charge in [-0.2, -0.15) is 0 Å². The average molecular weight is 492 g/mol. The molecule has 1 aromatic heterocycles. The van der Waals surface area contributed by atoms with Crippen LogP contribution < -0.4 is 0 Å². The van der Waals surface area contributed by atoms with Crippen molar-refractivity contribution in [2.75, 3.05) is 6.61 Å². The van der Waals surface area contributed by atoms with Crippen molar-refractivity contribution in [3.8, 4) is 0 Å². The van der Waals surface area contributed by atoms with E-state index < -0.39 is 28.9 Å². The molecule has 1 aromatic rings. The number of aromatic nitrogens is 1. The molecule has 4 aliphatic heterocycles. The normalized spacial score (nSPS) is 48.8. The van der Waals surface area contributed by atoms with E-state index in [0.29, 0.717) is 13.0 Å². The van der Waals surface area contributed by atoms with Crippen molar-refractivity contribution in [2.45, 2.75) is 81.3 Å². The maximum absolute atomic E-state index is 13.2. The number of rotatable bonds is 4. The van der Waals surface area contributed by atoms with Crippen molar-refractivity contribution in [1.82, 2.24) is 4.98 Å². The molecule has 0 unspecified atom stereocenters. The van der Waals surface area contributed by atoms with Crippen LogP contribution in [0.2, 0.25) is 0 Å². The van der Waals surface area contributed by atoms with Gasteiger partial charge in [0, 0.05) is 29.5 Å². The number of nitrogens with zero attached hydrogens (tertiary/aromatic N) is 1. The van der Waals surface area contributed by atoms with Crippen LogP contribution in [-0.4, -0.2) is 64.7 Å². The molecule has 2 saturated carbocycles. The molecule has 5 fully saturated rings. The summed E-state index contributed by atoms with van der Waals surface area (Å²) in [5, 5.41) is 0. The molecule has 188 valence electrons. The second-order valence-corrected chi connectivity index (χ2v) is 11.9. The summed E-state index contributed by atoms with van der Waals surface area (Å²) in [6, 6.07) is 3.71. The lowest BCUT2D eigenvalue weighted by molar-refractivity contribution is -0.163. The summed E-state index contributed by atoms with van der Waals surface area (Å²) < 4.78 is 31.5. The molecule has 36 heavy (non-hydrogen) atoms. The quantitative estimate of drug-likeness (QED) is 0.360. The molecule has 8 heteroatoms. The van der Waals surface area contributed by atoms with Crippen LogP contribution in [0.1, 0.15) is 45.6 Å². The molecule has 0 N–H and O–H groups in total. The Kier molecular flexibility index (Phi) is 3.87. The van der Waals surface area contributed by atoms with Gasteiger partial charge in [0.2, 0.25) is 0 Å². The number of carbonyl (C=O) groups is 2. The molecule has 3 aliphatic carbocycles. The van der Waals surface area contributed by atoms with Gasteiger partial charge < -0.3 is 23.7 Å². The molecule has 0 aromatic carbocycles. The minimum Gasteiger partial charge on any atom is -0.458 e. The lowest BCUT2D eigenvalue weighted by Gasteiger charge is -2.53. The van der Waals surface area contributed by atoms with Gasteiger partial charge in [0.1, 0.15) is 30.0 Å². The second kappa shape index (κ2) is 6.47. The molecule has 8 nitrogen and oxygen atoms in total. The summed E-state index contributed by atoms with van der Waals surface area (Å²) in [5.74, 6) is -0.334. The van der Waals surface area contributed by atoms with Crippen LogP contribution in [0.4, 0.5) is 0 Å². The lowest BCUT2D eigenvalue weighted by Crippen LogP contribution is -2.70. The van der Waals surface area contributed by atoms with Gasteiger partial charge in [0.15, 0.2) is 11.7 Å². The summed E-state index contributed by atoms with van der Waals surface area (Å²) >= 11 is 0. The maximum atomic E-state index is 13.2. The van der Waals surface area contributed by atoms with Crippen molar-refractivity contribution in [3.63, 3.8) is 0 Å². The summed E-state index contributed by atoms with van der Waals surface area (Å²) in [6.45, 7) is 6.86. The third-order valence-electron chi connectivity index (χ3n) is 10.4. The predicted octanol–water partition coefficient (Wildman–Crippen LogP) is 2.76. The standard InChI is InChI=1S/C28H29NO7/c1-14(2)26-21(35-26)22-28(36-22)25(3)9-8-16-17(13-32-23(16)31)18(25)11-19-27(28,34-19)24(26)33-20(30)7-6-15-5-4-10-29-12-15/h4-7,10,12,14,18-19,21-22,24H,8-9,11,13H2,1-3H3/b7-6+/t18-,19-,21-,22-,24+,25-,26-,27+,28+/m0/s1. The number of hydrogen-bond donors (Lipinski definition) is 0. The number of cyclic esters (lactones) is 1. The van der Waals surface area contributed by atoms with Crippen molar-refractivity contribution < 1.29 is 33.3 Å². The Hall–Kier alpha value is -2.55. The number of fused-ring (bicyclic) bond motifs is 4. The van der Waals surface area contributed by atoms with Crippen LogP contribution in [-0.2, 0) is 33.3 Å². The van der Waals surface area contributed by atoms with Crippen molar-refractivity contribution in [2.24, 2.45) is 17.3 Å². The fourth-order valence-electron chi connectivity index (χ4n) is 8.64. The first kappa shape index (κ1) is 21.5. The first-order chi connectivity index (χ1) is 17.3. The van der Waals surface area contributed by atoms with Crippen LogP contribution in [0.15, 0.2) is 41.7 Å².